The second-order valence-corrected chi connectivity index (χ2v) is 6.94. The van der Waals surface area contributed by atoms with Crippen molar-refractivity contribution < 1.29 is 4.74 Å². The SMILES string of the molecule is CCCN1CCCc2cc(/C=N\NC(=S)Nc3ccc(OC)cc3)ccc21. The highest BCUT2D eigenvalue weighted by Crippen LogP contribution is 2.27. The van der Waals surface area contributed by atoms with E-state index < -0.39 is 0 Å². The van der Waals surface area contributed by atoms with Gasteiger partial charge in [0.2, 0.25) is 0 Å². The van der Waals surface area contributed by atoms with E-state index in [9.17, 15) is 0 Å². The second-order valence-electron chi connectivity index (χ2n) is 6.53. The first-order valence-electron chi connectivity index (χ1n) is 9.31. The van der Waals surface area contributed by atoms with Crippen LogP contribution in [0.5, 0.6) is 5.75 Å². The molecule has 2 N–H and O–H groups in total. The van der Waals surface area contributed by atoms with Crippen molar-refractivity contribution >= 4 is 34.9 Å². The van der Waals surface area contributed by atoms with Crippen molar-refractivity contribution in [2.24, 2.45) is 5.10 Å². The summed E-state index contributed by atoms with van der Waals surface area (Å²) < 4.78 is 5.14. The zero-order chi connectivity index (χ0) is 19.1. The number of rotatable bonds is 6. The summed E-state index contributed by atoms with van der Waals surface area (Å²) >= 11 is 5.28. The summed E-state index contributed by atoms with van der Waals surface area (Å²) in [5.41, 5.74) is 7.59. The highest BCUT2D eigenvalue weighted by Gasteiger charge is 2.15. The van der Waals surface area contributed by atoms with Gasteiger partial charge in [-0.05, 0) is 79.0 Å². The number of benzene rings is 2. The van der Waals surface area contributed by atoms with Crippen LogP contribution in [-0.2, 0) is 6.42 Å². The van der Waals surface area contributed by atoms with Crippen molar-refractivity contribution in [3.05, 3.63) is 53.6 Å². The van der Waals surface area contributed by atoms with Crippen molar-refractivity contribution in [1.29, 1.82) is 0 Å². The van der Waals surface area contributed by atoms with E-state index in [-0.39, 0.29) is 0 Å². The van der Waals surface area contributed by atoms with Gasteiger partial charge < -0.3 is 15.0 Å². The fourth-order valence-electron chi connectivity index (χ4n) is 3.28. The van der Waals surface area contributed by atoms with Gasteiger partial charge in [0.05, 0.1) is 13.3 Å². The summed E-state index contributed by atoms with van der Waals surface area (Å²) in [5.74, 6) is 0.808. The first kappa shape index (κ1) is 19.2. The van der Waals surface area contributed by atoms with Gasteiger partial charge in [0, 0.05) is 24.5 Å². The van der Waals surface area contributed by atoms with E-state index in [0.717, 1.165) is 36.5 Å². The summed E-state index contributed by atoms with van der Waals surface area (Å²) in [6.45, 7) is 4.50. The van der Waals surface area contributed by atoms with Crippen molar-refractivity contribution in [1.82, 2.24) is 5.43 Å². The molecule has 0 atom stereocenters. The molecule has 0 fully saturated rings. The summed E-state index contributed by atoms with van der Waals surface area (Å²) in [6, 6.07) is 14.1. The van der Waals surface area contributed by atoms with Crippen molar-refractivity contribution in [3.63, 3.8) is 0 Å². The van der Waals surface area contributed by atoms with Gasteiger partial charge in [-0.2, -0.15) is 5.10 Å². The Hall–Kier alpha value is -2.60. The molecule has 2 aromatic carbocycles. The van der Waals surface area contributed by atoms with Crippen LogP contribution in [-0.4, -0.2) is 31.5 Å². The normalized spacial score (nSPS) is 13.3. The average molecular weight is 383 g/mol. The number of fused-ring (bicyclic) bond motifs is 1. The van der Waals surface area contributed by atoms with Crippen molar-refractivity contribution in [2.45, 2.75) is 26.2 Å². The number of anilines is 2. The van der Waals surface area contributed by atoms with Gasteiger partial charge in [0.1, 0.15) is 5.75 Å². The molecule has 0 radical (unpaired) electrons. The molecular weight excluding hydrogens is 356 g/mol. The largest absolute Gasteiger partial charge is 0.497 e. The monoisotopic (exact) mass is 382 g/mol. The van der Waals surface area contributed by atoms with Crippen LogP contribution in [0, 0.1) is 0 Å². The highest BCUT2D eigenvalue weighted by molar-refractivity contribution is 7.80. The fourth-order valence-corrected chi connectivity index (χ4v) is 3.45. The maximum absolute atomic E-state index is 5.28. The maximum atomic E-state index is 5.28. The van der Waals surface area contributed by atoms with E-state index in [1.807, 2.05) is 24.3 Å². The Labute approximate surface area is 166 Å². The molecule has 2 aromatic rings. The zero-order valence-corrected chi connectivity index (χ0v) is 16.7. The third kappa shape index (κ3) is 5.20. The van der Waals surface area contributed by atoms with Crippen molar-refractivity contribution in [3.8, 4) is 5.75 Å². The Bertz CT molecular complexity index is 804. The number of aryl methyl sites for hydroxylation is 1. The second kappa shape index (κ2) is 9.37. The Morgan fingerprint density at radius 1 is 1.26 bits per heavy atom. The molecule has 0 unspecified atom stereocenters. The quantitative estimate of drug-likeness (QED) is 0.446. The number of nitrogens with zero attached hydrogens (tertiary/aromatic N) is 2. The van der Waals surface area contributed by atoms with Crippen LogP contribution in [0.25, 0.3) is 0 Å². The number of hydrazone groups is 1. The minimum atomic E-state index is 0.448. The Morgan fingerprint density at radius 3 is 2.81 bits per heavy atom. The third-order valence-corrected chi connectivity index (χ3v) is 4.73. The van der Waals surface area contributed by atoms with E-state index in [4.69, 9.17) is 17.0 Å². The highest BCUT2D eigenvalue weighted by atomic mass is 32.1. The van der Waals surface area contributed by atoms with Crippen LogP contribution in [0.3, 0.4) is 0 Å². The number of nitrogens with one attached hydrogen (secondary N) is 2. The Balaban J connectivity index is 1.56. The van der Waals surface area contributed by atoms with Gasteiger partial charge in [-0.1, -0.05) is 13.0 Å². The van der Waals surface area contributed by atoms with E-state index in [0.29, 0.717) is 5.11 Å². The lowest BCUT2D eigenvalue weighted by atomic mass is 9.99. The lowest BCUT2D eigenvalue weighted by Gasteiger charge is -2.31. The van der Waals surface area contributed by atoms with E-state index in [1.165, 1.54) is 24.1 Å². The predicted octanol–water partition coefficient (Wildman–Crippen LogP) is 4.18. The molecule has 5 nitrogen and oxygen atoms in total. The predicted molar refractivity (Wildman–Crippen MR) is 117 cm³/mol. The zero-order valence-electron chi connectivity index (χ0n) is 15.9. The minimum absolute atomic E-state index is 0.448. The molecule has 1 aliphatic rings. The standard InChI is InChI=1S/C21H26N4OS/c1-3-12-25-13-4-5-17-14-16(6-11-20(17)25)15-22-24-21(27)23-18-7-9-19(26-2)10-8-18/h6-11,14-15H,3-5,12-13H2,1-2H3,(H2,23,24,27)/b22-15-. The van der Waals surface area contributed by atoms with Gasteiger partial charge in [-0.3, -0.25) is 5.43 Å². The summed E-state index contributed by atoms with van der Waals surface area (Å²) in [7, 11) is 1.64. The molecule has 3 rings (SSSR count). The van der Waals surface area contributed by atoms with Crippen LogP contribution in [0.15, 0.2) is 47.6 Å². The van der Waals surface area contributed by atoms with Gasteiger partial charge in [0.25, 0.3) is 0 Å². The van der Waals surface area contributed by atoms with E-state index in [1.54, 1.807) is 13.3 Å². The molecular formula is C21H26N4OS. The van der Waals surface area contributed by atoms with Gasteiger partial charge in [-0.25, -0.2) is 0 Å². The van der Waals surface area contributed by atoms with Crippen LogP contribution in [0.2, 0.25) is 0 Å². The van der Waals surface area contributed by atoms with Gasteiger partial charge in [-0.15, -0.1) is 0 Å². The van der Waals surface area contributed by atoms with Crippen molar-refractivity contribution in [2.75, 3.05) is 30.4 Å². The smallest absolute Gasteiger partial charge is 0.191 e. The number of thiocarbonyl (C=S) groups is 1. The number of hydrogen-bond donors (Lipinski definition) is 2. The van der Waals surface area contributed by atoms with E-state index >= 15 is 0 Å². The topological polar surface area (TPSA) is 48.9 Å². The van der Waals surface area contributed by atoms with Crippen LogP contribution < -0.4 is 20.4 Å². The molecule has 0 saturated heterocycles. The number of methoxy groups -OCH3 is 1. The van der Waals surface area contributed by atoms with Gasteiger partial charge >= 0.3 is 0 Å². The lowest BCUT2D eigenvalue weighted by molar-refractivity contribution is 0.415. The van der Waals surface area contributed by atoms with Crippen LogP contribution in [0.1, 0.15) is 30.9 Å². The molecule has 0 saturated carbocycles. The average Bonchev–Trinajstić information content (AvgIpc) is 2.69. The molecule has 0 bridgehead atoms. The molecule has 0 amide bonds. The van der Waals surface area contributed by atoms with Crippen LogP contribution in [0.4, 0.5) is 11.4 Å². The molecule has 6 heteroatoms. The van der Waals surface area contributed by atoms with E-state index in [2.05, 4.69) is 45.9 Å². The summed E-state index contributed by atoms with van der Waals surface area (Å²) in [5, 5.41) is 7.80. The Kier molecular flexibility index (Phi) is 6.65. The summed E-state index contributed by atoms with van der Waals surface area (Å²) in [4.78, 5) is 2.48. The van der Waals surface area contributed by atoms with Gasteiger partial charge in [0.15, 0.2) is 5.11 Å². The van der Waals surface area contributed by atoms with Crippen LogP contribution >= 0.6 is 12.2 Å². The lowest BCUT2D eigenvalue weighted by Crippen LogP contribution is -2.30. The number of hydrogen-bond acceptors (Lipinski definition) is 4. The molecule has 1 aliphatic heterocycles. The molecule has 27 heavy (non-hydrogen) atoms. The number of ether oxygens (including phenoxy) is 1. The minimum Gasteiger partial charge on any atom is -0.497 e. The molecule has 0 aliphatic carbocycles. The Morgan fingerprint density at radius 2 is 2.07 bits per heavy atom. The molecule has 0 aromatic heterocycles. The summed E-state index contributed by atoms with van der Waals surface area (Å²) in [6.07, 6.45) is 5.32. The first-order valence-corrected chi connectivity index (χ1v) is 9.72. The molecule has 142 valence electrons. The molecule has 1 heterocycles. The molecule has 0 spiro atoms. The fraction of sp³-hybridized carbons (Fsp3) is 0.333. The third-order valence-electron chi connectivity index (χ3n) is 4.54. The first-order chi connectivity index (χ1) is 13.2. The maximum Gasteiger partial charge on any atom is 0.191 e.